The fraction of sp³-hybridized carbons (Fsp3) is 0.850. The molecule has 2 aromatic heterocycles. The van der Waals surface area contributed by atoms with E-state index in [1.54, 1.807) is 4.57 Å². The zero-order valence-electron chi connectivity index (χ0n) is 38.0. The van der Waals surface area contributed by atoms with Crippen molar-refractivity contribution in [2.45, 2.75) is 63.4 Å². The molecular formula is C40H75N7O15Si. The van der Waals surface area contributed by atoms with Gasteiger partial charge >= 0.3 is 0 Å². The topological polar surface area (TPSA) is 265 Å². The summed E-state index contributed by atoms with van der Waals surface area (Å²) in [5.74, 6) is -0.124. The Morgan fingerprint density at radius 1 is 0.714 bits per heavy atom. The maximum atomic E-state index is 12.9. The summed E-state index contributed by atoms with van der Waals surface area (Å²) in [6.07, 6.45) is -0.0904. The molecule has 1 unspecified atom stereocenters. The molecule has 1 aliphatic heterocycles. The maximum Gasteiger partial charge on any atom is 0.246 e. The van der Waals surface area contributed by atoms with Gasteiger partial charge in [0.2, 0.25) is 5.91 Å². The predicted molar refractivity (Wildman–Crippen MR) is 233 cm³/mol. The van der Waals surface area contributed by atoms with E-state index in [9.17, 15) is 9.90 Å². The number of nitrogen functional groups attached to an aromatic ring is 1. The Balaban J connectivity index is 1.14. The van der Waals surface area contributed by atoms with Gasteiger partial charge in [-0.15, -0.1) is 0 Å². The molecule has 1 saturated heterocycles. The number of nitrogens with zero attached hydrogens (tertiary/aromatic N) is 4. The second-order valence-corrected chi connectivity index (χ2v) is 20.5. The number of carbonyl (C=O) groups excluding carboxylic acids is 1. The molecule has 1 aliphatic rings. The van der Waals surface area contributed by atoms with Crippen molar-refractivity contribution in [3.05, 3.63) is 12.7 Å². The van der Waals surface area contributed by atoms with Gasteiger partial charge in [0.05, 0.1) is 145 Å². The van der Waals surface area contributed by atoms with Gasteiger partial charge in [-0.3, -0.25) is 9.36 Å². The van der Waals surface area contributed by atoms with Gasteiger partial charge in [-0.2, -0.15) is 0 Å². The number of fused-ring (bicyclic) bond motifs is 1. The molecular weight excluding hydrogens is 847 g/mol. The lowest BCUT2D eigenvalue weighted by atomic mass is 10.1. The zero-order valence-corrected chi connectivity index (χ0v) is 39.0. The van der Waals surface area contributed by atoms with Crippen molar-refractivity contribution < 1.29 is 71.2 Å². The third kappa shape index (κ3) is 21.5. The standard InChI is InChI=1S/C40H75N7O15Si/c1-40(2,3)63(4,5)62-35-32(28-48)61-39(47-31-46-34-37(42)44-30-45-38(34)47)36(35)60-29-33(49)43-7-9-51-11-13-53-15-17-55-19-21-57-23-25-59-27-26-58-24-22-56-20-18-54-16-14-52-12-10-50-8-6-41/h30-32,35-36,39,48H,6-29,41H2,1-5H3,(H,43,49)(H2,42,44,45)/t32-,35-,36-,39?/m1/s1. The molecule has 1 amide bonds. The molecule has 6 N–H and O–H groups in total. The lowest BCUT2D eigenvalue weighted by Gasteiger charge is -2.40. The minimum Gasteiger partial charge on any atom is -0.408 e. The largest absolute Gasteiger partial charge is 0.408 e. The van der Waals surface area contributed by atoms with Gasteiger partial charge in [-0.25, -0.2) is 15.0 Å². The van der Waals surface area contributed by atoms with Crippen molar-refractivity contribution in [2.24, 2.45) is 5.73 Å². The van der Waals surface area contributed by atoms with E-state index in [0.29, 0.717) is 143 Å². The second kappa shape index (κ2) is 32.2. The minimum absolute atomic E-state index is 0.131. The molecule has 4 atom stereocenters. The molecule has 364 valence electrons. The quantitative estimate of drug-likeness (QED) is 0.0519. The van der Waals surface area contributed by atoms with Crippen LogP contribution in [0.3, 0.4) is 0 Å². The number of aromatic nitrogens is 4. The average molecular weight is 922 g/mol. The summed E-state index contributed by atoms with van der Waals surface area (Å²) in [5, 5.41) is 13.0. The molecule has 0 aromatic carbocycles. The minimum atomic E-state index is -2.37. The Kier molecular flexibility index (Phi) is 28.0. The number of hydrogen-bond donors (Lipinski definition) is 4. The summed E-state index contributed by atoms with van der Waals surface area (Å²) in [5.41, 5.74) is 12.2. The molecule has 3 rings (SSSR count). The molecule has 23 heteroatoms. The number of aliphatic hydroxyl groups is 1. The van der Waals surface area contributed by atoms with Crippen LogP contribution in [0, 0.1) is 0 Å². The van der Waals surface area contributed by atoms with Gasteiger partial charge in [0, 0.05) is 13.1 Å². The lowest BCUT2D eigenvalue weighted by molar-refractivity contribution is -0.132. The number of carbonyl (C=O) groups is 1. The number of anilines is 1. The van der Waals surface area contributed by atoms with Gasteiger partial charge in [0.1, 0.15) is 36.8 Å². The molecule has 0 radical (unpaired) electrons. The molecule has 22 nitrogen and oxygen atoms in total. The Morgan fingerprint density at radius 2 is 1.16 bits per heavy atom. The molecule has 0 saturated carbocycles. The summed E-state index contributed by atoms with van der Waals surface area (Å²) in [4.78, 5) is 25.6. The Bertz CT molecular complexity index is 1480. The van der Waals surface area contributed by atoms with E-state index in [-0.39, 0.29) is 43.1 Å². The van der Waals surface area contributed by atoms with Crippen LogP contribution in [0.4, 0.5) is 5.82 Å². The van der Waals surface area contributed by atoms with Gasteiger partial charge in [0.15, 0.2) is 26.0 Å². The molecule has 63 heavy (non-hydrogen) atoms. The molecule has 0 bridgehead atoms. The van der Waals surface area contributed by atoms with Crippen LogP contribution < -0.4 is 16.8 Å². The van der Waals surface area contributed by atoms with Crippen LogP contribution in [0.2, 0.25) is 18.1 Å². The first-order chi connectivity index (χ1) is 30.5. The number of imidazole rings is 1. The van der Waals surface area contributed by atoms with Crippen LogP contribution in [0.5, 0.6) is 0 Å². The van der Waals surface area contributed by atoms with Crippen LogP contribution >= 0.6 is 0 Å². The molecule has 3 heterocycles. The Hall–Kier alpha value is -2.56. The van der Waals surface area contributed by atoms with E-state index in [4.69, 9.17) is 72.7 Å². The van der Waals surface area contributed by atoms with Gasteiger partial charge < -0.3 is 83.2 Å². The van der Waals surface area contributed by atoms with Crippen LogP contribution in [0.15, 0.2) is 12.7 Å². The van der Waals surface area contributed by atoms with Crippen molar-refractivity contribution in [2.75, 3.05) is 164 Å². The molecule has 0 aliphatic carbocycles. The average Bonchev–Trinajstić information content (AvgIpc) is 3.84. The lowest BCUT2D eigenvalue weighted by Crippen LogP contribution is -2.50. The molecule has 0 spiro atoms. The highest BCUT2D eigenvalue weighted by atomic mass is 28.4. The number of hydrogen-bond acceptors (Lipinski definition) is 20. The first-order valence-electron chi connectivity index (χ1n) is 21.7. The molecule has 2 aromatic rings. The fourth-order valence-corrected chi connectivity index (χ4v) is 6.94. The van der Waals surface area contributed by atoms with Crippen LogP contribution in [0.25, 0.3) is 11.2 Å². The predicted octanol–water partition coefficient (Wildman–Crippen LogP) is 0.315. The normalized spacial score (nSPS) is 18.2. The number of nitrogens with one attached hydrogen (secondary N) is 1. The van der Waals surface area contributed by atoms with Crippen LogP contribution in [-0.2, 0) is 66.1 Å². The summed E-state index contributed by atoms with van der Waals surface area (Å²) >= 11 is 0. The number of amides is 1. The summed E-state index contributed by atoms with van der Waals surface area (Å²) in [7, 11) is -2.37. The highest BCUT2D eigenvalue weighted by Gasteiger charge is 2.51. The number of ether oxygens (including phenoxy) is 12. The van der Waals surface area contributed by atoms with Crippen molar-refractivity contribution in [1.29, 1.82) is 0 Å². The van der Waals surface area contributed by atoms with Crippen LogP contribution in [-0.4, -0.2) is 216 Å². The highest BCUT2D eigenvalue weighted by molar-refractivity contribution is 6.74. The highest BCUT2D eigenvalue weighted by Crippen LogP contribution is 2.42. The molecule has 1 fully saturated rings. The third-order valence-corrected chi connectivity index (χ3v) is 14.4. The number of rotatable bonds is 39. The van der Waals surface area contributed by atoms with E-state index in [1.165, 1.54) is 12.7 Å². The number of aliphatic hydroxyl groups excluding tert-OH is 1. The van der Waals surface area contributed by atoms with E-state index >= 15 is 0 Å². The summed E-state index contributed by atoms with van der Waals surface area (Å²) in [6, 6.07) is 0. The van der Waals surface area contributed by atoms with Crippen molar-refractivity contribution in [1.82, 2.24) is 24.8 Å². The van der Waals surface area contributed by atoms with Gasteiger partial charge in [-0.05, 0) is 18.1 Å². The van der Waals surface area contributed by atoms with Gasteiger partial charge in [-0.1, -0.05) is 20.8 Å². The second-order valence-electron chi connectivity index (χ2n) is 15.7. The zero-order chi connectivity index (χ0) is 45.6. The van der Waals surface area contributed by atoms with Crippen molar-refractivity contribution >= 4 is 31.2 Å². The SMILES string of the molecule is CC(C)(C)[Si](C)(C)O[C@@H]1[C@@H](CO)OC(n2cnc3c(N)ncnc32)[C@@H]1OCC(=O)NCCOCCOCCOCCOCCOCCOCCOCCOCCOCCOCCN. The fourth-order valence-electron chi connectivity index (χ4n) is 5.62. The van der Waals surface area contributed by atoms with E-state index in [2.05, 4.69) is 54.1 Å². The van der Waals surface area contributed by atoms with Crippen molar-refractivity contribution in [3.8, 4) is 0 Å². The van der Waals surface area contributed by atoms with E-state index in [1.807, 2.05) is 0 Å². The first-order valence-corrected chi connectivity index (χ1v) is 24.6. The Morgan fingerprint density at radius 3 is 1.59 bits per heavy atom. The number of nitrogens with two attached hydrogens (primary N) is 2. The first kappa shape index (κ1) is 54.8. The van der Waals surface area contributed by atoms with E-state index in [0.717, 1.165) is 0 Å². The summed E-state index contributed by atoms with van der Waals surface area (Å²) < 4.78 is 75.6. The summed E-state index contributed by atoms with van der Waals surface area (Å²) in [6.45, 7) is 20.1. The van der Waals surface area contributed by atoms with E-state index < -0.39 is 32.9 Å². The monoisotopic (exact) mass is 922 g/mol. The smallest absolute Gasteiger partial charge is 0.246 e. The van der Waals surface area contributed by atoms with Crippen LogP contribution in [0.1, 0.15) is 27.0 Å². The van der Waals surface area contributed by atoms with Gasteiger partial charge in [0.25, 0.3) is 0 Å². The Labute approximate surface area is 372 Å². The maximum absolute atomic E-state index is 12.9. The van der Waals surface area contributed by atoms with Crippen molar-refractivity contribution in [3.63, 3.8) is 0 Å². The third-order valence-electron chi connectivity index (χ3n) is 9.95.